The molecule has 0 aromatic carbocycles. The van der Waals surface area contributed by atoms with Crippen LogP contribution in [0.25, 0.3) is 0 Å². The van der Waals surface area contributed by atoms with Crippen LogP contribution in [0.5, 0.6) is 0 Å². The smallest absolute Gasteiger partial charge is 0.272 e. The van der Waals surface area contributed by atoms with Crippen LogP contribution in [-0.4, -0.2) is 17.1 Å². The summed E-state index contributed by atoms with van der Waals surface area (Å²) in [4.78, 5) is 15.4. The minimum absolute atomic E-state index is 0.319. The van der Waals surface area contributed by atoms with Crippen LogP contribution in [0.4, 0.5) is 0 Å². The Morgan fingerprint density at radius 3 is 3.00 bits per heavy atom. The topological polar surface area (TPSA) is 67.5 Å². The molecule has 2 aromatic rings. The lowest BCUT2D eigenvalue weighted by molar-refractivity contribution is 0.0955. The second kappa shape index (κ2) is 5.40. The van der Waals surface area contributed by atoms with Crippen molar-refractivity contribution in [2.75, 3.05) is 0 Å². The summed E-state index contributed by atoms with van der Waals surface area (Å²) in [5.41, 5.74) is 2.82. The molecule has 0 bridgehead atoms. The number of hydrogen-bond acceptors (Lipinski definition) is 4. The Hall–Kier alpha value is -1.95. The van der Waals surface area contributed by atoms with E-state index in [0.29, 0.717) is 16.0 Å². The fraction of sp³-hybridized carbons (Fsp3) is 0. The molecule has 0 aliphatic carbocycles. The number of hydrogen-bond donors (Lipinski definition) is 1. The van der Waals surface area contributed by atoms with E-state index in [1.165, 1.54) is 12.4 Å². The van der Waals surface area contributed by atoms with Gasteiger partial charge in [0.2, 0.25) is 0 Å². The third-order valence-electron chi connectivity index (χ3n) is 1.88. The zero-order valence-corrected chi connectivity index (χ0v) is 10.2. The number of hydrazone groups is 1. The van der Waals surface area contributed by atoms with Crippen molar-refractivity contribution < 1.29 is 9.21 Å². The number of rotatable bonds is 3. The second-order valence-corrected chi connectivity index (χ2v) is 3.86. The normalized spacial score (nSPS) is 10.6. The molecule has 0 aliphatic heterocycles. The maximum Gasteiger partial charge on any atom is 0.272 e. The largest absolute Gasteiger partial charge is 0.448 e. The van der Waals surface area contributed by atoms with Crippen LogP contribution < -0.4 is 5.43 Å². The number of halogens is 1. The lowest BCUT2D eigenvalue weighted by Crippen LogP contribution is -2.17. The Labute approximate surface area is 106 Å². The van der Waals surface area contributed by atoms with E-state index in [0.717, 1.165) is 0 Å². The fourth-order valence-electron chi connectivity index (χ4n) is 1.11. The van der Waals surface area contributed by atoms with Crippen molar-refractivity contribution in [1.82, 2.24) is 10.4 Å². The van der Waals surface area contributed by atoms with Crippen LogP contribution >= 0.6 is 15.9 Å². The van der Waals surface area contributed by atoms with E-state index in [9.17, 15) is 4.79 Å². The van der Waals surface area contributed by atoms with Crippen molar-refractivity contribution >= 4 is 28.1 Å². The van der Waals surface area contributed by atoms with Gasteiger partial charge < -0.3 is 4.42 Å². The van der Waals surface area contributed by atoms with Gasteiger partial charge in [-0.25, -0.2) is 5.43 Å². The van der Waals surface area contributed by atoms with Crippen molar-refractivity contribution in [3.63, 3.8) is 0 Å². The van der Waals surface area contributed by atoms with E-state index in [-0.39, 0.29) is 5.91 Å². The summed E-state index contributed by atoms with van der Waals surface area (Å²) in [7, 11) is 0. The first-order valence-corrected chi connectivity index (χ1v) is 5.54. The molecule has 0 aliphatic rings. The second-order valence-electron chi connectivity index (χ2n) is 3.08. The van der Waals surface area contributed by atoms with Gasteiger partial charge in [-0.1, -0.05) is 0 Å². The Bertz CT molecular complexity index is 537. The van der Waals surface area contributed by atoms with Crippen LogP contribution in [0.2, 0.25) is 0 Å². The van der Waals surface area contributed by atoms with Crippen molar-refractivity contribution in [3.05, 3.63) is 52.7 Å². The third-order valence-corrected chi connectivity index (χ3v) is 2.30. The summed E-state index contributed by atoms with van der Waals surface area (Å²) in [5.74, 6) is 0.225. The van der Waals surface area contributed by atoms with Gasteiger partial charge in [-0.3, -0.25) is 9.78 Å². The van der Waals surface area contributed by atoms with Gasteiger partial charge in [-0.15, -0.1) is 0 Å². The zero-order valence-electron chi connectivity index (χ0n) is 8.63. The van der Waals surface area contributed by atoms with E-state index in [1.54, 1.807) is 30.5 Å². The molecule has 86 valence electrons. The first-order chi connectivity index (χ1) is 8.25. The van der Waals surface area contributed by atoms with Crippen LogP contribution in [0.1, 0.15) is 16.1 Å². The molecular weight excluding hydrogens is 286 g/mol. The van der Waals surface area contributed by atoms with Crippen molar-refractivity contribution in [1.29, 1.82) is 0 Å². The maximum absolute atomic E-state index is 11.5. The number of nitrogens with zero attached hydrogens (tertiary/aromatic N) is 2. The molecular formula is C11H8BrN3O2. The Kier molecular flexibility index (Phi) is 3.66. The van der Waals surface area contributed by atoms with Crippen molar-refractivity contribution in [2.24, 2.45) is 5.10 Å². The maximum atomic E-state index is 11.5. The first kappa shape index (κ1) is 11.5. The average molecular weight is 294 g/mol. The predicted molar refractivity (Wildman–Crippen MR) is 65.7 cm³/mol. The first-order valence-electron chi connectivity index (χ1n) is 4.74. The minimum atomic E-state index is -0.319. The number of furan rings is 1. The Balaban J connectivity index is 1.95. The third kappa shape index (κ3) is 3.25. The van der Waals surface area contributed by atoms with Gasteiger partial charge in [0.15, 0.2) is 4.67 Å². The molecule has 0 radical (unpaired) electrons. The molecule has 1 amide bonds. The van der Waals surface area contributed by atoms with Gasteiger partial charge in [0.1, 0.15) is 5.76 Å². The highest BCUT2D eigenvalue weighted by Crippen LogP contribution is 2.11. The lowest BCUT2D eigenvalue weighted by Gasteiger charge is -1.97. The minimum Gasteiger partial charge on any atom is -0.448 e. The molecule has 2 rings (SSSR count). The fourth-order valence-corrected chi connectivity index (χ4v) is 1.43. The van der Waals surface area contributed by atoms with E-state index < -0.39 is 0 Å². The quantitative estimate of drug-likeness (QED) is 0.697. The van der Waals surface area contributed by atoms with Gasteiger partial charge >= 0.3 is 0 Å². The molecule has 0 saturated carbocycles. The summed E-state index contributed by atoms with van der Waals surface area (Å²) >= 11 is 3.17. The van der Waals surface area contributed by atoms with Crippen LogP contribution in [0.3, 0.4) is 0 Å². The number of carbonyl (C=O) groups is 1. The number of aromatic nitrogens is 1. The SMILES string of the molecule is O=C(NN=Cc1ccc(Br)o1)c1cccnc1. The van der Waals surface area contributed by atoms with Crippen molar-refractivity contribution in [3.8, 4) is 0 Å². The Morgan fingerprint density at radius 1 is 1.47 bits per heavy atom. The summed E-state index contributed by atoms with van der Waals surface area (Å²) in [6.07, 6.45) is 4.48. The van der Waals surface area contributed by atoms with Crippen LogP contribution in [0, 0.1) is 0 Å². The zero-order chi connectivity index (χ0) is 12.1. The standard InChI is InChI=1S/C11H8BrN3O2/c12-10-4-3-9(17-10)7-14-15-11(16)8-2-1-5-13-6-8/h1-7H,(H,15,16). The van der Waals surface area contributed by atoms with Gasteiger partial charge in [0.05, 0.1) is 11.8 Å². The van der Waals surface area contributed by atoms with Crippen molar-refractivity contribution in [2.45, 2.75) is 0 Å². The monoisotopic (exact) mass is 293 g/mol. The van der Waals surface area contributed by atoms with E-state index in [4.69, 9.17) is 4.42 Å². The number of nitrogens with one attached hydrogen (secondary N) is 1. The summed E-state index contributed by atoms with van der Waals surface area (Å²) in [5, 5.41) is 3.76. The molecule has 6 heteroatoms. The molecule has 0 unspecified atom stereocenters. The molecule has 0 fully saturated rings. The molecule has 17 heavy (non-hydrogen) atoms. The highest BCUT2D eigenvalue weighted by Gasteiger charge is 2.02. The number of amides is 1. The Morgan fingerprint density at radius 2 is 2.35 bits per heavy atom. The number of carbonyl (C=O) groups excluding carboxylic acids is 1. The highest BCUT2D eigenvalue weighted by molar-refractivity contribution is 9.10. The highest BCUT2D eigenvalue weighted by atomic mass is 79.9. The molecule has 0 saturated heterocycles. The lowest BCUT2D eigenvalue weighted by atomic mass is 10.3. The molecule has 0 atom stereocenters. The average Bonchev–Trinajstić information content (AvgIpc) is 2.76. The molecule has 5 nitrogen and oxygen atoms in total. The van der Waals surface area contributed by atoms with Gasteiger partial charge in [-0.2, -0.15) is 5.10 Å². The van der Waals surface area contributed by atoms with Gasteiger partial charge in [-0.05, 0) is 40.2 Å². The van der Waals surface area contributed by atoms with Gasteiger partial charge in [0, 0.05) is 12.4 Å². The summed E-state index contributed by atoms with van der Waals surface area (Å²) < 4.78 is 5.78. The van der Waals surface area contributed by atoms with E-state index in [1.807, 2.05) is 0 Å². The van der Waals surface area contributed by atoms with E-state index in [2.05, 4.69) is 31.4 Å². The predicted octanol–water partition coefficient (Wildman–Crippen LogP) is 2.20. The molecule has 0 spiro atoms. The summed E-state index contributed by atoms with van der Waals surface area (Å²) in [6.45, 7) is 0. The van der Waals surface area contributed by atoms with Gasteiger partial charge in [0.25, 0.3) is 5.91 Å². The summed E-state index contributed by atoms with van der Waals surface area (Å²) in [6, 6.07) is 6.80. The van der Waals surface area contributed by atoms with E-state index >= 15 is 0 Å². The van der Waals surface area contributed by atoms with Crippen LogP contribution in [0.15, 0.2) is 50.8 Å². The number of pyridine rings is 1. The molecule has 2 aromatic heterocycles. The molecule has 2 heterocycles. The molecule has 1 N–H and O–H groups in total. The van der Waals surface area contributed by atoms with Crippen LogP contribution in [-0.2, 0) is 0 Å².